The fraction of sp³-hybridized carbons (Fsp3) is 0.455. The first kappa shape index (κ1) is 18.4. The van der Waals surface area contributed by atoms with Gasteiger partial charge in [0.1, 0.15) is 17.2 Å². The van der Waals surface area contributed by atoms with Gasteiger partial charge in [0.2, 0.25) is 0 Å². The van der Waals surface area contributed by atoms with Crippen molar-refractivity contribution in [3.63, 3.8) is 0 Å². The third-order valence-corrected chi connectivity index (χ3v) is 4.27. The minimum absolute atomic E-state index is 0.000709. The normalized spacial score (nSPS) is 12.3. The van der Waals surface area contributed by atoms with Crippen molar-refractivity contribution in [1.29, 1.82) is 0 Å². The van der Waals surface area contributed by atoms with Gasteiger partial charge in [-0.3, -0.25) is 0 Å². The summed E-state index contributed by atoms with van der Waals surface area (Å²) in [6, 6.07) is 10.1. The van der Waals surface area contributed by atoms with Crippen LogP contribution in [0.15, 0.2) is 30.3 Å². The molecule has 0 fully saturated rings. The third kappa shape index (κ3) is 3.92. The fourth-order valence-corrected chi connectivity index (χ4v) is 2.84. The van der Waals surface area contributed by atoms with Crippen molar-refractivity contribution < 1.29 is 9.84 Å². The lowest BCUT2D eigenvalue weighted by Crippen LogP contribution is -2.13. The molecule has 0 aromatic heterocycles. The van der Waals surface area contributed by atoms with Gasteiger partial charge in [0.05, 0.1) is 0 Å². The smallest absolute Gasteiger partial charge is 0.131 e. The summed E-state index contributed by atoms with van der Waals surface area (Å²) in [5.74, 6) is 2.01. The maximum atomic E-state index is 10.3. The van der Waals surface area contributed by atoms with E-state index in [2.05, 4.69) is 66.7 Å². The quantitative estimate of drug-likeness (QED) is 0.692. The average Bonchev–Trinajstić information content (AvgIpc) is 2.39. The van der Waals surface area contributed by atoms with E-state index in [1.165, 1.54) is 11.1 Å². The molecule has 2 aromatic rings. The highest BCUT2D eigenvalue weighted by Crippen LogP contribution is 2.40. The second-order valence-electron chi connectivity index (χ2n) is 8.74. The molecule has 130 valence electrons. The molecule has 0 unspecified atom stereocenters. The fourth-order valence-electron chi connectivity index (χ4n) is 2.84. The van der Waals surface area contributed by atoms with E-state index in [0.717, 1.165) is 22.6 Å². The third-order valence-electron chi connectivity index (χ3n) is 4.27. The summed E-state index contributed by atoms with van der Waals surface area (Å²) in [5, 5.41) is 10.3. The van der Waals surface area contributed by atoms with Crippen LogP contribution in [-0.2, 0) is 10.8 Å². The predicted octanol–water partition coefficient (Wildman–Crippen LogP) is 6.40. The summed E-state index contributed by atoms with van der Waals surface area (Å²) in [4.78, 5) is 0. The van der Waals surface area contributed by atoms with Crippen molar-refractivity contribution in [2.45, 2.75) is 66.2 Å². The van der Waals surface area contributed by atoms with E-state index in [4.69, 9.17) is 4.74 Å². The van der Waals surface area contributed by atoms with E-state index in [9.17, 15) is 5.11 Å². The van der Waals surface area contributed by atoms with E-state index >= 15 is 0 Å². The SMILES string of the molecule is Cc1ccc(C(C)(C)C)c(Oc2cc(C(C)(C)C)c(O)cc2C)c1. The maximum Gasteiger partial charge on any atom is 0.131 e. The van der Waals surface area contributed by atoms with Crippen molar-refractivity contribution in [3.05, 3.63) is 52.6 Å². The number of phenols is 1. The molecule has 0 spiro atoms. The lowest BCUT2D eigenvalue weighted by molar-refractivity contribution is 0.429. The van der Waals surface area contributed by atoms with Gasteiger partial charge in [-0.25, -0.2) is 0 Å². The second-order valence-corrected chi connectivity index (χ2v) is 8.74. The molecule has 1 N–H and O–H groups in total. The van der Waals surface area contributed by atoms with Gasteiger partial charge in [0.15, 0.2) is 0 Å². The van der Waals surface area contributed by atoms with Crippen LogP contribution in [0.3, 0.4) is 0 Å². The summed E-state index contributed by atoms with van der Waals surface area (Å²) in [7, 11) is 0. The standard InChI is InChI=1S/C22H30O2/c1-14-9-10-16(21(3,4)5)20(11-14)24-19-13-17(22(6,7)8)18(23)12-15(19)2/h9-13,23H,1-8H3. The van der Waals surface area contributed by atoms with Crippen LogP contribution in [0.2, 0.25) is 0 Å². The maximum absolute atomic E-state index is 10.3. The van der Waals surface area contributed by atoms with Gasteiger partial charge in [0.25, 0.3) is 0 Å². The topological polar surface area (TPSA) is 29.5 Å². The Labute approximate surface area is 146 Å². The number of aryl methyl sites for hydroxylation is 2. The van der Waals surface area contributed by atoms with E-state index in [-0.39, 0.29) is 10.8 Å². The Morgan fingerprint density at radius 3 is 1.88 bits per heavy atom. The molecule has 0 aliphatic heterocycles. The van der Waals surface area contributed by atoms with Gasteiger partial charge < -0.3 is 9.84 Å². The Bertz CT molecular complexity index is 744. The Balaban J connectivity index is 2.55. The highest BCUT2D eigenvalue weighted by molar-refractivity contribution is 5.51. The minimum Gasteiger partial charge on any atom is -0.508 e. The largest absolute Gasteiger partial charge is 0.508 e. The molecule has 0 saturated heterocycles. The van der Waals surface area contributed by atoms with Crippen LogP contribution in [0.5, 0.6) is 17.2 Å². The van der Waals surface area contributed by atoms with E-state index in [1.54, 1.807) is 6.07 Å². The number of phenolic OH excluding ortho intramolecular Hbond substituents is 1. The highest BCUT2D eigenvalue weighted by atomic mass is 16.5. The summed E-state index contributed by atoms with van der Waals surface area (Å²) in [6.45, 7) is 16.9. The lowest BCUT2D eigenvalue weighted by Gasteiger charge is -2.25. The lowest BCUT2D eigenvalue weighted by atomic mass is 9.85. The van der Waals surface area contributed by atoms with Crippen molar-refractivity contribution in [1.82, 2.24) is 0 Å². The molecule has 0 aliphatic rings. The van der Waals surface area contributed by atoms with Crippen LogP contribution in [0.25, 0.3) is 0 Å². The summed E-state index contributed by atoms with van der Waals surface area (Å²) >= 11 is 0. The predicted molar refractivity (Wildman–Crippen MR) is 101 cm³/mol. The molecular formula is C22H30O2. The first-order valence-corrected chi connectivity index (χ1v) is 8.52. The molecule has 2 rings (SSSR count). The number of ether oxygens (including phenoxy) is 1. The highest BCUT2D eigenvalue weighted by Gasteiger charge is 2.23. The van der Waals surface area contributed by atoms with Crippen LogP contribution >= 0.6 is 0 Å². The molecule has 0 aliphatic carbocycles. The van der Waals surface area contributed by atoms with Gasteiger partial charge in [0, 0.05) is 11.1 Å². The van der Waals surface area contributed by atoms with Crippen molar-refractivity contribution >= 4 is 0 Å². The molecule has 0 bridgehead atoms. The molecular weight excluding hydrogens is 296 g/mol. The van der Waals surface area contributed by atoms with Crippen molar-refractivity contribution in [2.24, 2.45) is 0 Å². The molecule has 2 aromatic carbocycles. The molecule has 0 saturated carbocycles. The number of benzene rings is 2. The number of hydrogen-bond donors (Lipinski definition) is 1. The summed E-state index contributed by atoms with van der Waals surface area (Å²) in [5.41, 5.74) is 4.04. The molecule has 2 heteroatoms. The zero-order valence-electron chi connectivity index (χ0n) is 16.2. The average molecular weight is 326 g/mol. The van der Waals surface area contributed by atoms with E-state index < -0.39 is 0 Å². The number of hydrogen-bond acceptors (Lipinski definition) is 2. The molecule has 0 atom stereocenters. The molecule has 2 nitrogen and oxygen atoms in total. The Kier molecular flexibility index (Phi) is 4.72. The van der Waals surface area contributed by atoms with Gasteiger partial charge in [-0.05, 0) is 54.0 Å². The van der Waals surface area contributed by atoms with Gasteiger partial charge in [-0.1, -0.05) is 53.7 Å². The van der Waals surface area contributed by atoms with Crippen LogP contribution in [0, 0.1) is 13.8 Å². The molecule has 24 heavy (non-hydrogen) atoms. The van der Waals surface area contributed by atoms with Gasteiger partial charge in [-0.15, -0.1) is 0 Å². The zero-order chi connectivity index (χ0) is 18.3. The molecule has 0 heterocycles. The first-order valence-electron chi connectivity index (χ1n) is 8.52. The number of rotatable bonds is 2. The van der Waals surface area contributed by atoms with Gasteiger partial charge >= 0.3 is 0 Å². The van der Waals surface area contributed by atoms with E-state index in [0.29, 0.717) is 5.75 Å². The van der Waals surface area contributed by atoms with Crippen molar-refractivity contribution in [3.8, 4) is 17.2 Å². The summed E-state index contributed by atoms with van der Waals surface area (Å²) in [6.07, 6.45) is 0. The van der Waals surface area contributed by atoms with Crippen LogP contribution in [0.4, 0.5) is 0 Å². The Morgan fingerprint density at radius 2 is 1.33 bits per heavy atom. The Morgan fingerprint density at radius 1 is 0.750 bits per heavy atom. The Hall–Kier alpha value is -1.96. The second kappa shape index (κ2) is 6.16. The first-order chi connectivity index (χ1) is 10.9. The van der Waals surface area contributed by atoms with Crippen molar-refractivity contribution in [2.75, 3.05) is 0 Å². The zero-order valence-corrected chi connectivity index (χ0v) is 16.2. The van der Waals surface area contributed by atoms with E-state index in [1.807, 2.05) is 13.0 Å². The van der Waals surface area contributed by atoms with Crippen LogP contribution < -0.4 is 4.74 Å². The number of aromatic hydroxyl groups is 1. The molecule has 0 amide bonds. The van der Waals surface area contributed by atoms with Gasteiger partial charge in [-0.2, -0.15) is 0 Å². The monoisotopic (exact) mass is 326 g/mol. The van der Waals surface area contributed by atoms with Crippen LogP contribution in [-0.4, -0.2) is 5.11 Å². The molecule has 0 radical (unpaired) electrons. The van der Waals surface area contributed by atoms with Crippen LogP contribution in [0.1, 0.15) is 63.8 Å². The summed E-state index contributed by atoms with van der Waals surface area (Å²) < 4.78 is 6.33. The minimum atomic E-state index is -0.143.